The summed E-state index contributed by atoms with van der Waals surface area (Å²) in [6, 6.07) is 14.4. The number of hydrogen-bond donors (Lipinski definition) is 1. The van der Waals surface area contributed by atoms with Crippen LogP contribution in [0.1, 0.15) is 6.92 Å². The van der Waals surface area contributed by atoms with E-state index in [0.717, 1.165) is 17.3 Å². The minimum absolute atomic E-state index is 0.247. The van der Waals surface area contributed by atoms with Gasteiger partial charge in [-0.2, -0.15) is 13.2 Å². The molecule has 3 rings (SSSR count). The zero-order chi connectivity index (χ0) is 23.1. The van der Waals surface area contributed by atoms with Crippen LogP contribution in [0, 0.1) is 0 Å². The topological polar surface area (TPSA) is 78.3 Å². The van der Waals surface area contributed by atoms with Crippen molar-refractivity contribution in [1.29, 1.82) is 0 Å². The van der Waals surface area contributed by atoms with Crippen molar-refractivity contribution in [2.45, 2.75) is 18.3 Å². The molecule has 1 N–H and O–H groups in total. The van der Waals surface area contributed by atoms with E-state index in [-0.39, 0.29) is 5.75 Å². The largest absolute Gasteiger partial charge is 0.497 e. The zero-order valence-corrected chi connectivity index (χ0v) is 18.2. The van der Waals surface area contributed by atoms with Crippen molar-refractivity contribution >= 4 is 17.7 Å². The summed E-state index contributed by atoms with van der Waals surface area (Å²) in [5, 5.41) is 10.6. The Balaban J connectivity index is 1.91. The number of carbonyl (C=O) groups excluding carboxylic acids is 1. The number of benzene rings is 2. The van der Waals surface area contributed by atoms with E-state index in [9.17, 15) is 18.0 Å². The fraction of sp³-hybridized carbons (Fsp3) is 0.286. The van der Waals surface area contributed by atoms with Crippen LogP contribution >= 0.6 is 11.8 Å². The molecule has 0 aliphatic heterocycles. The number of amides is 1. The Morgan fingerprint density at radius 2 is 1.88 bits per heavy atom. The van der Waals surface area contributed by atoms with E-state index in [1.54, 1.807) is 35.9 Å². The molecule has 1 heterocycles. The predicted molar refractivity (Wildman–Crippen MR) is 114 cm³/mol. The molecule has 0 unspecified atom stereocenters. The number of thioether (sulfide) groups is 1. The molecule has 0 bridgehead atoms. The van der Waals surface area contributed by atoms with Crippen LogP contribution in [0.15, 0.2) is 53.7 Å². The number of methoxy groups -OCH3 is 1. The molecule has 32 heavy (non-hydrogen) atoms. The smallest absolute Gasteiger partial charge is 0.405 e. The number of aromatic nitrogens is 3. The van der Waals surface area contributed by atoms with E-state index in [2.05, 4.69) is 10.2 Å². The number of halogens is 3. The second-order valence-corrected chi connectivity index (χ2v) is 7.42. The van der Waals surface area contributed by atoms with E-state index in [4.69, 9.17) is 9.47 Å². The molecule has 0 aliphatic carbocycles. The van der Waals surface area contributed by atoms with Crippen molar-refractivity contribution < 1.29 is 27.4 Å². The van der Waals surface area contributed by atoms with Gasteiger partial charge >= 0.3 is 6.18 Å². The van der Waals surface area contributed by atoms with Crippen LogP contribution in [-0.2, 0) is 4.79 Å². The van der Waals surface area contributed by atoms with Gasteiger partial charge in [-0.05, 0) is 43.3 Å². The van der Waals surface area contributed by atoms with Gasteiger partial charge in [-0.3, -0.25) is 9.36 Å². The second-order valence-electron chi connectivity index (χ2n) is 6.48. The van der Waals surface area contributed by atoms with Crippen LogP contribution < -0.4 is 14.8 Å². The van der Waals surface area contributed by atoms with Gasteiger partial charge in [-0.25, -0.2) is 0 Å². The number of nitrogens with zero attached hydrogens (tertiary/aromatic N) is 3. The summed E-state index contributed by atoms with van der Waals surface area (Å²) in [6.07, 6.45) is -4.47. The maximum Gasteiger partial charge on any atom is 0.405 e. The minimum atomic E-state index is -4.47. The van der Waals surface area contributed by atoms with Crippen LogP contribution in [-0.4, -0.2) is 52.9 Å². The molecule has 0 spiro atoms. The second kappa shape index (κ2) is 10.4. The van der Waals surface area contributed by atoms with Gasteiger partial charge in [0.1, 0.15) is 18.0 Å². The molecule has 0 saturated carbocycles. The fourth-order valence-corrected chi connectivity index (χ4v) is 3.57. The van der Waals surface area contributed by atoms with Gasteiger partial charge in [0.15, 0.2) is 11.0 Å². The van der Waals surface area contributed by atoms with Gasteiger partial charge in [0.25, 0.3) is 0 Å². The van der Waals surface area contributed by atoms with Gasteiger partial charge in [-0.15, -0.1) is 10.2 Å². The van der Waals surface area contributed by atoms with Crippen LogP contribution in [0.25, 0.3) is 17.1 Å². The lowest BCUT2D eigenvalue weighted by Gasteiger charge is -2.12. The van der Waals surface area contributed by atoms with E-state index in [1.165, 1.54) is 0 Å². The number of alkyl halides is 3. The maximum atomic E-state index is 12.3. The molecule has 0 radical (unpaired) electrons. The highest BCUT2D eigenvalue weighted by atomic mass is 32.2. The summed E-state index contributed by atoms with van der Waals surface area (Å²) in [5.74, 6) is 0.809. The minimum Gasteiger partial charge on any atom is -0.497 e. The first kappa shape index (κ1) is 23.5. The zero-order valence-electron chi connectivity index (χ0n) is 17.3. The van der Waals surface area contributed by atoms with Crippen molar-refractivity contribution in [3.63, 3.8) is 0 Å². The molecule has 7 nitrogen and oxygen atoms in total. The van der Waals surface area contributed by atoms with Gasteiger partial charge < -0.3 is 14.8 Å². The quantitative estimate of drug-likeness (QED) is 0.478. The van der Waals surface area contributed by atoms with E-state index in [0.29, 0.717) is 34.8 Å². The number of ether oxygens (including phenoxy) is 2. The molecular formula is C21H21F3N4O3S. The summed E-state index contributed by atoms with van der Waals surface area (Å²) in [7, 11) is 1.55. The summed E-state index contributed by atoms with van der Waals surface area (Å²) >= 11 is 0.988. The molecule has 0 fully saturated rings. The first-order valence-electron chi connectivity index (χ1n) is 9.60. The highest BCUT2D eigenvalue weighted by Gasteiger charge is 2.28. The van der Waals surface area contributed by atoms with Crippen molar-refractivity contribution in [1.82, 2.24) is 20.1 Å². The van der Waals surface area contributed by atoms with Crippen molar-refractivity contribution in [2.24, 2.45) is 0 Å². The Bertz CT molecular complexity index is 1060. The molecule has 1 amide bonds. The molecule has 3 aromatic rings. The van der Waals surface area contributed by atoms with E-state index >= 15 is 0 Å². The molecule has 11 heteroatoms. The summed E-state index contributed by atoms with van der Waals surface area (Å²) in [5.41, 5.74) is 1.42. The van der Waals surface area contributed by atoms with Crippen LogP contribution in [0.4, 0.5) is 13.2 Å². The number of nitrogens with one attached hydrogen (secondary N) is 1. The summed E-state index contributed by atoms with van der Waals surface area (Å²) in [4.78, 5) is 11.9. The Labute approximate surface area is 186 Å². The summed E-state index contributed by atoms with van der Waals surface area (Å²) in [6.45, 7) is 1.02. The Kier molecular flexibility index (Phi) is 7.62. The first-order valence-corrected chi connectivity index (χ1v) is 10.6. The molecule has 0 aliphatic rings. The van der Waals surface area contributed by atoms with Gasteiger partial charge in [0, 0.05) is 11.3 Å². The van der Waals surface area contributed by atoms with Crippen LogP contribution in [0.2, 0.25) is 0 Å². The summed E-state index contributed by atoms with van der Waals surface area (Å²) < 4.78 is 49.5. The monoisotopic (exact) mass is 466 g/mol. The first-order chi connectivity index (χ1) is 15.3. The molecule has 1 aromatic heterocycles. The van der Waals surface area contributed by atoms with Crippen LogP contribution in [0.5, 0.6) is 11.5 Å². The Morgan fingerprint density at radius 1 is 1.12 bits per heavy atom. The Hall–Kier alpha value is -3.21. The highest BCUT2D eigenvalue weighted by molar-refractivity contribution is 7.99. The lowest BCUT2D eigenvalue weighted by Crippen LogP contribution is -2.34. The molecule has 2 aromatic carbocycles. The Morgan fingerprint density at radius 3 is 2.53 bits per heavy atom. The average molecular weight is 466 g/mol. The molecule has 0 saturated heterocycles. The lowest BCUT2D eigenvalue weighted by atomic mass is 10.2. The fourth-order valence-electron chi connectivity index (χ4n) is 2.78. The van der Waals surface area contributed by atoms with Gasteiger partial charge in [0.2, 0.25) is 5.91 Å². The number of hydrogen-bond acceptors (Lipinski definition) is 6. The SMILES string of the molecule is CCOc1ccc(-n2c(SCC(=O)NCC(F)(F)F)nnc2-c2cccc(OC)c2)cc1. The third-order valence-corrected chi connectivity index (χ3v) is 5.11. The predicted octanol–water partition coefficient (Wildman–Crippen LogP) is 4.11. The molecule has 170 valence electrons. The maximum absolute atomic E-state index is 12.3. The van der Waals surface area contributed by atoms with Gasteiger partial charge in [-0.1, -0.05) is 23.9 Å². The van der Waals surface area contributed by atoms with E-state index in [1.807, 2.05) is 36.5 Å². The standard InChI is InChI=1S/C21H21F3N4O3S/c1-3-31-16-9-7-15(8-10-16)28-19(14-5-4-6-17(11-14)30-2)26-27-20(28)32-12-18(29)25-13-21(22,23)24/h4-11H,3,12-13H2,1-2H3,(H,25,29). The average Bonchev–Trinajstić information content (AvgIpc) is 3.20. The number of rotatable bonds is 9. The third-order valence-electron chi connectivity index (χ3n) is 4.19. The van der Waals surface area contributed by atoms with Crippen molar-refractivity contribution in [3.05, 3.63) is 48.5 Å². The third kappa shape index (κ3) is 6.16. The molecule has 0 atom stereocenters. The number of carbonyl (C=O) groups is 1. The van der Waals surface area contributed by atoms with Crippen molar-refractivity contribution in [2.75, 3.05) is 26.0 Å². The molecular weight excluding hydrogens is 445 g/mol. The van der Waals surface area contributed by atoms with Gasteiger partial charge in [0.05, 0.1) is 19.5 Å². The highest BCUT2D eigenvalue weighted by Crippen LogP contribution is 2.30. The van der Waals surface area contributed by atoms with E-state index < -0.39 is 18.6 Å². The van der Waals surface area contributed by atoms with Crippen LogP contribution in [0.3, 0.4) is 0 Å². The normalized spacial score (nSPS) is 11.3. The van der Waals surface area contributed by atoms with Crippen molar-refractivity contribution in [3.8, 4) is 28.6 Å². The lowest BCUT2D eigenvalue weighted by molar-refractivity contribution is -0.136.